The van der Waals surface area contributed by atoms with Gasteiger partial charge in [-0.1, -0.05) is 51.6 Å². The molecule has 0 fully saturated rings. The molecule has 0 radical (unpaired) electrons. The van der Waals surface area contributed by atoms with Crippen LogP contribution in [0.2, 0.25) is 25.7 Å². The number of hydrogen-bond acceptors (Lipinski definition) is 6. The molecule has 7 nitrogen and oxygen atoms in total. The maximum absolute atomic E-state index is 14.5. The molecule has 0 amide bonds. The summed E-state index contributed by atoms with van der Waals surface area (Å²) in [5, 5.41) is 4.08. The van der Waals surface area contributed by atoms with Crippen LogP contribution in [0.3, 0.4) is 0 Å². The summed E-state index contributed by atoms with van der Waals surface area (Å²) in [7, 11) is -5.53. The summed E-state index contributed by atoms with van der Waals surface area (Å²) in [5.74, 6) is -2.51. The Bertz CT molecular complexity index is 1530. The largest absolute Gasteiger partial charge is 0.360 e. The predicted molar refractivity (Wildman–Crippen MR) is 159 cm³/mol. The fraction of sp³-hybridized carbons (Fsp3) is 0.500. The average Bonchev–Trinajstić information content (AvgIpc) is 3.39. The van der Waals surface area contributed by atoms with Crippen LogP contribution >= 0.6 is 0 Å². The van der Waals surface area contributed by atoms with Crippen LogP contribution in [-0.2, 0) is 33.1 Å². The number of sulfonamides is 1. The first-order valence-corrected chi connectivity index (χ1v) is 19.2. The van der Waals surface area contributed by atoms with Crippen LogP contribution in [-0.4, -0.2) is 46.4 Å². The van der Waals surface area contributed by atoms with Gasteiger partial charge in [-0.2, -0.15) is 0 Å². The first-order chi connectivity index (χ1) is 19.5. The zero-order chi connectivity index (χ0) is 31.0. The quantitative estimate of drug-likeness (QED) is 0.105. The monoisotopic (exact) mass is 623 g/mol. The molecule has 0 unspecified atom stereocenters. The Morgan fingerprint density at radius 3 is 2.45 bits per heavy atom. The average molecular weight is 624 g/mol. The summed E-state index contributed by atoms with van der Waals surface area (Å²) < 4.78 is 82.9. The van der Waals surface area contributed by atoms with Crippen molar-refractivity contribution in [2.75, 3.05) is 24.2 Å². The number of nitrogens with zero attached hydrogens (tertiary/aromatic N) is 3. The van der Waals surface area contributed by atoms with Gasteiger partial charge >= 0.3 is 0 Å². The second-order valence-corrected chi connectivity index (χ2v) is 20.6. The minimum absolute atomic E-state index is 0.0489. The highest BCUT2D eigenvalue weighted by atomic mass is 32.2. The molecule has 0 bridgehead atoms. The van der Waals surface area contributed by atoms with E-state index >= 15 is 0 Å². The van der Waals surface area contributed by atoms with E-state index in [4.69, 9.17) is 9.26 Å². The van der Waals surface area contributed by atoms with Crippen LogP contribution < -0.4 is 4.31 Å². The first-order valence-electron chi connectivity index (χ1n) is 14.1. The van der Waals surface area contributed by atoms with Crippen LogP contribution in [0.1, 0.15) is 56.2 Å². The van der Waals surface area contributed by atoms with Gasteiger partial charge in [-0.05, 0) is 48.7 Å². The standard InChI is InChI=1S/C30H40F3N3O4SSi/c1-20(25-15-23(31)16-26(32)29(25)33)35-11-10-21-8-9-24(14-22(21)18-35)41(37,38)36(19-39-12-13-42(5,6)7)28-17-27(40-34-28)30(2,3)4/h8-9,14-17,20H,10-13,18-19H2,1-7H3/t20-/m1/s1. The number of halogens is 3. The minimum atomic E-state index is -4.12. The van der Waals surface area contributed by atoms with E-state index in [1.165, 1.54) is 0 Å². The summed E-state index contributed by atoms with van der Waals surface area (Å²) >= 11 is 0. The van der Waals surface area contributed by atoms with Gasteiger partial charge in [0, 0.05) is 56.9 Å². The van der Waals surface area contributed by atoms with Gasteiger partial charge in [0.2, 0.25) is 0 Å². The van der Waals surface area contributed by atoms with Gasteiger partial charge in [-0.15, -0.1) is 0 Å². The maximum Gasteiger partial charge on any atom is 0.267 e. The van der Waals surface area contributed by atoms with Gasteiger partial charge < -0.3 is 9.26 Å². The highest BCUT2D eigenvalue weighted by molar-refractivity contribution is 7.92. The molecule has 12 heteroatoms. The second kappa shape index (κ2) is 12.1. The number of benzene rings is 2. The first kappa shape index (κ1) is 32.2. The Hall–Kier alpha value is -2.67. The zero-order valence-electron chi connectivity index (χ0n) is 25.3. The van der Waals surface area contributed by atoms with Crippen LogP contribution in [0, 0.1) is 17.5 Å². The van der Waals surface area contributed by atoms with E-state index in [1.54, 1.807) is 31.2 Å². The van der Waals surface area contributed by atoms with Gasteiger partial charge in [-0.25, -0.2) is 25.9 Å². The van der Waals surface area contributed by atoms with Crippen molar-refractivity contribution in [3.63, 3.8) is 0 Å². The predicted octanol–water partition coefficient (Wildman–Crippen LogP) is 7.02. The fourth-order valence-electron chi connectivity index (χ4n) is 4.77. The number of fused-ring (bicyclic) bond motifs is 1. The Morgan fingerprint density at radius 2 is 1.81 bits per heavy atom. The number of rotatable bonds is 10. The Morgan fingerprint density at radius 1 is 1.10 bits per heavy atom. The van der Waals surface area contributed by atoms with Crippen molar-refractivity contribution in [1.29, 1.82) is 0 Å². The van der Waals surface area contributed by atoms with Crippen molar-refractivity contribution in [2.45, 2.75) is 82.7 Å². The molecule has 1 aromatic heterocycles. The van der Waals surface area contributed by atoms with E-state index in [0.717, 1.165) is 27.5 Å². The molecule has 4 rings (SSSR count). The number of hydrogen-bond donors (Lipinski definition) is 0. The molecular weight excluding hydrogens is 583 g/mol. The van der Waals surface area contributed by atoms with Gasteiger partial charge in [-0.3, -0.25) is 4.90 Å². The van der Waals surface area contributed by atoms with E-state index in [0.29, 0.717) is 31.4 Å². The van der Waals surface area contributed by atoms with Crippen molar-refractivity contribution in [1.82, 2.24) is 10.1 Å². The summed E-state index contributed by atoms with van der Waals surface area (Å²) in [5.41, 5.74) is 1.23. The number of ether oxygens (including phenoxy) is 1. The van der Waals surface area contributed by atoms with Gasteiger partial charge in [0.25, 0.3) is 10.0 Å². The molecular formula is C30H40F3N3O4SSi. The Labute approximate surface area is 247 Å². The van der Waals surface area contributed by atoms with Gasteiger partial charge in [0.15, 0.2) is 17.5 Å². The van der Waals surface area contributed by atoms with Crippen LogP contribution in [0.4, 0.5) is 19.0 Å². The SMILES string of the molecule is C[C@H](c1cc(F)cc(F)c1F)N1CCc2ccc(S(=O)(=O)N(COCC[Si](C)(C)C)c3cc(C(C)(C)C)on3)cc2C1. The van der Waals surface area contributed by atoms with E-state index in [1.807, 2.05) is 25.7 Å². The lowest BCUT2D eigenvalue weighted by Gasteiger charge is -2.34. The summed E-state index contributed by atoms with van der Waals surface area (Å²) in [6.07, 6.45) is 0.571. The molecule has 230 valence electrons. The molecule has 2 aromatic carbocycles. The summed E-state index contributed by atoms with van der Waals surface area (Å²) in [6, 6.07) is 8.33. The summed E-state index contributed by atoms with van der Waals surface area (Å²) in [6.45, 7) is 15.2. The van der Waals surface area contributed by atoms with E-state index in [9.17, 15) is 21.6 Å². The molecule has 42 heavy (non-hydrogen) atoms. The van der Waals surface area contributed by atoms with E-state index in [-0.39, 0.29) is 35.0 Å². The second-order valence-electron chi connectivity index (χ2n) is 13.1. The van der Waals surface area contributed by atoms with Gasteiger partial charge in [0.05, 0.1) is 4.90 Å². The smallest absolute Gasteiger partial charge is 0.267 e. The minimum Gasteiger partial charge on any atom is -0.360 e. The molecule has 0 saturated carbocycles. The molecule has 1 atom stereocenters. The lowest BCUT2D eigenvalue weighted by molar-refractivity contribution is 0.155. The molecule has 3 aromatic rings. The third-order valence-corrected chi connectivity index (χ3v) is 11.0. The Kier molecular flexibility index (Phi) is 9.32. The molecule has 1 aliphatic heterocycles. The summed E-state index contributed by atoms with van der Waals surface area (Å²) in [4.78, 5) is 1.92. The van der Waals surface area contributed by atoms with Crippen LogP contribution in [0.15, 0.2) is 45.8 Å². The van der Waals surface area contributed by atoms with E-state index in [2.05, 4.69) is 24.8 Å². The highest BCUT2D eigenvalue weighted by Gasteiger charge is 2.32. The normalized spacial score (nSPS) is 15.5. The molecule has 0 spiro atoms. The van der Waals surface area contributed by atoms with Crippen LogP contribution in [0.25, 0.3) is 0 Å². The molecule has 0 aliphatic carbocycles. The lowest BCUT2D eigenvalue weighted by Crippen LogP contribution is -2.35. The van der Waals surface area contributed by atoms with E-state index < -0.39 is 41.6 Å². The van der Waals surface area contributed by atoms with Crippen molar-refractivity contribution in [3.05, 3.63) is 76.3 Å². The lowest BCUT2D eigenvalue weighted by atomic mass is 9.93. The van der Waals surface area contributed by atoms with Crippen molar-refractivity contribution in [3.8, 4) is 0 Å². The molecule has 2 heterocycles. The Balaban J connectivity index is 1.63. The van der Waals surface area contributed by atoms with Crippen molar-refractivity contribution >= 4 is 23.9 Å². The number of aromatic nitrogens is 1. The highest BCUT2D eigenvalue weighted by Crippen LogP contribution is 2.33. The topological polar surface area (TPSA) is 75.9 Å². The van der Waals surface area contributed by atoms with Crippen LogP contribution in [0.5, 0.6) is 0 Å². The van der Waals surface area contributed by atoms with Crippen molar-refractivity contribution in [2.24, 2.45) is 0 Å². The molecule has 0 N–H and O–H groups in total. The third-order valence-electron chi connectivity index (χ3n) is 7.52. The molecule has 0 saturated heterocycles. The molecule has 1 aliphatic rings. The van der Waals surface area contributed by atoms with Gasteiger partial charge in [0.1, 0.15) is 18.3 Å². The van der Waals surface area contributed by atoms with Crippen molar-refractivity contribution < 1.29 is 30.8 Å². The maximum atomic E-state index is 14.5. The number of anilines is 1. The third kappa shape index (κ3) is 7.27. The zero-order valence-corrected chi connectivity index (χ0v) is 27.1. The fourth-order valence-corrected chi connectivity index (χ4v) is 6.86.